The fourth-order valence-electron chi connectivity index (χ4n) is 4.01. The van der Waals surface area contributed by atoms with Crippen LogP contribution in [0.5, 0.6) is 0 Å². The van der Waals surface area contributed by atoms with Crippen LogP contribution < -0.4 is 10.2 Å². The zero-order chi connectivity index (χ0) is 18.1. The molecule has 1 N–H and O–H groups in total. The van der Waals surface area contributed by atoms with Gasteiger partial charge in [0.25, 0.3) is 0 Å². The van der Waals surface area contributed by atoms with Gasteiger partial charge in [-0.2, -0.15) is 5.10 Å². The van der Waals surface area contributed by atoms with E-state index in [0.29, 0.717) is 0 Å². The van der Waals surface area contributed by atoms with E-state index < -0.39 is 0 Å². The smallest absolute Gasteiger partial charge is 0.227 e. The van der Waals surface area contributed by atoms with E-state index in [1.54, 1.807) is 4.68 Å². The van der Waals surface area contributed by atoms with Crippen LogP contribution in [-0.4, -0.2) is 59.9 Å². The van der Waals surface area contributed by atoms with Gasteiger partial charge in [0.05, 0.1) is 12.1 Å². The zero-order valence-corrected chi connectivity index (χ0v) is 15.7. The highest BCUT2D eigenvalue weighted by atomic mass is 35.5. The van der Waals surface area contributed by atoms with Crippen molar-refractivity contribution in [2.45, 2.75) is 5.92 Å². The Hall–Kier alpha value is -2.05. The molecule has 2 aliphatic heterocycles. The van der Waals surface area contributed by atoms with E-state index >= 15 is 0 Å². The first-order chi connectivity index (χ1) is 12.6. The predicted octanol–water partition coefficient (Wildman–Crippen LogP) is 1.73. The lowest BCUT2D eigenvalue weighted by Crippen LogP contribution is -2.51. The number of piperazine rings is 1. The molecule has 0 unspecified atom stereocenters. The second kappa shape index (κ2) is 7.29. The number of carbonyl (C=O) groups excluding carboxylic acids is 1. The molecule has 6 nitrogen and oxygen atoms in total. The molecule has 1 amide bonds. The quantitative estimate of drug-likeness (QED) is 0.890. The van der Waals surface area contributed by atoms with Crippen LogP contribution in [0.3, 0.4) is 0 Å². The topological polar surface area (TPSA) is 53.4 Å². The Balaban J connectivity index is 1.40. The summed E-state index contributed by atoms with van der Waals surface area (Å²) in [4.78, 5) is 17.4. The fraction of sp³-hybridized carbons (Fsp3) is 0.474. The van der Waals surface area contributed by atoms with Gasteiger partial charge in [-0.15, -0.1) is 0 Å². The standard InChI is InChI=1S/C19H24ClN5O/c1-23-13-14(10-22-23)17-11-21-12-18(17)19(26)25-7-5-24(6-8-25)16-4-2-3-15(20)9-16/h2-4,9-10,13,17-18,21H,5-8,11-12H2,1H3/t17-,18+/m1/s1. The van der Waals surface area contributed by atoms with E-state index in [1.165, 1.54) is 0 Å². The van der Waals surface area contributed by atoms with Gasteiger partial charge < -0.3 is 15.1 Å². The molecule has 1 aromatic carbocycles. The number of carbonyl (C=O) groups is 1. The number of nitrogens with one attached hydrogen (secondary N) is 1. The first-order valence-electron chi connectivity index (χ1n) is 9.10. The number of aryl methyl sites for hydroxylation is 1. The summed E-state index contributed by atoms with van der Waals surface area (Å²) >= 11 is 6.10. The molecule has 0 spiro atoms. The van der Waals surface area contributed by atoms with Crippen molar-refractivity contribution in [1.29, 1.82) is 0 Å². The van der Waals surface area contributed by atoms with Crippen molar-refractivity contribution < 1.29 is 4.79 Å². The van der Waals surface area contributed by atoms with Crippen molar-refractivity contribution in [2.75, 3.05) is 44.2 Å². The molecule has 7 heteroatoms. The van der Waals surface area contributed by atoms with Crippen molar-refractivity contribution in [1.82, 2.24) is 20.0 Å². The number of halogens is 1. The number of hydrogen-bond donors (Lipinski definition) is 1. The number of nitrogens with zero attached hydrogens (tertiary/aromatic N) is 4. The van der Waals surface area contributed by atoms with Gasteiger partial charge in [0, 0.05) is 69.1 Å². The largest absolute Gasteiger partial charge is 0.368 e. The SMILES string of the molecule is Cn1cc([C@H]2CNC[C@@H]2C(=O)N2CCN(c3cccc(Cl)c3)CC2)cn1. The van der Waals surface area contributed by atoms with Crippen LogP contribution >= 0.6 is 11.6 Å². The third kappa shape index (κ3) is 3.44. The second-order valence-electron chi connectivity index (χ2n) is 7.11. The minimum Gasteiger partial charge on any atom is -0.368 e. The fourth-order valence-corrected chi connectivity index (χ4v) is 4.20. The number of aromatic nitrogens is 2. The van der Waals surface area contributed by atoms with Crippen LogP contribution in [0.2, 0.25) is 5.02 Å². The Morgan fingerprint density at radius 3 is 2.73 bits per heavy atom. The molecular formula is C19H24ClN5O. The summed E-state index contributed by atoms with van der Waals surface area (Å²) in [5, 5.41) is 8.39. The third-order valence-electron chi connectivity index (χ3n) is 5.45. The van der Waals surface area contributed by atoms with Crippen molar-refractivity contribution >= 4 is 23.2 Å². The van der Waals surface area contributed by atoms with Crippen molar-refractivity contribution in [3.05, 3.63) is 47.2 Å². The van der Waals surface area contributed by atoms with Crippen LogP contribution in [0.1, 0.15) is 11.5 Å². The van der Waals surface area contributed by atoms with Gasteiger partial charge in [0.2, 0.25) is 5.91 Å². The number of hydrogen-bond acceptors (Lipinski definition) is 4. The summed E-state index contributed by atoms with van der Waals surface area (Å²) in [6, 6.07) is 7.91. The first-order valence-corrected chi connectivity index (χ1v) is 9.48. The van der Waals surface area contributed by atoms with Crippen LogP contribution in [0.15, 0.2) is 36.7 Å². The highest BCUT2D eigenvalue weighted by Crippen LogP contribution is 2.30. The summed E-state index contributed by atoms with van der Waals surface area (Å²) in [5.41, 5.74) is 2.27. The normalized spacial score (nSPS) is 23.5. The summed E-state index contributed by atoms with van der Waals surface area (Å²) in [7, 11) is 1.91. The molecule has 2 aliphatic rings. The molecule has 2 fully saturated rings. The summed E-state index contributed by atoms with van der Waals surface area (Å²) in [6.07, 6.45) is 3.91. The van der Waals surface area contributed by atoms with Crippen molar-refractivity contribution in [3.8, 4) is 0 Å². The minimum atomic E-state index is -0.00285. The van der Waals surface area contributed by atoms with E-state index in [1.807, 2.05) is 42.5 Å². The molecule has 2 atom stereocenters. The first kappa shape index (κ1) is 17.4. The molecule has 0 aliphatic carbocycles. The highest BCUT2D eigenvalue weighted by molar-refractivity contribution is 6.30. The molecule has 26 heavy (non-hydrogen) atoms. The monoisotopic (exact) mass is 373 g/mol. The molecule has 0 radical (unpaired) electrons. The van der Waals surface area contributed by atoms with E-state index in [0.717, 1.165) is 55.5 Å². The summed E-state index contributed by atoms with van der Waals surface area (Å²) in [6.45, 7) is 4.76. The minimum absolute atomic E-state index is 0.00285. The van der Waals surface area contributed by atoms with Gasteiger partial charge in [-0.05, 0) is 23.8 Å². The van der Waals surface area contributed by atoms with E-state index in [2.05, 4.69) is 21.4 Å². The number of amides is 1. The third-order valence-corrected chi connectivity index (χ3v) is 5.68. The van der Waals surface area contributed by atoms with Crippen LogP contribution in [0.25, 0.3) is 0 Å². The Kier molecular flexibility index (Phi) is 4.87. The summed E-state index contributed by atoms with van der Waals surface area (Å²) < 4.78 is 1.80. The van der Waals surface area contributed by atoms with Gasteiger partial charge in [-0.25, -0.2) is 0 Å². The predicted molar refractivity (Wildman–Crippen MR) is 103 cm³/mol. The van der Waals surface area contributed by atoms with Crippen LogP contribution in [0.4, 0.5) is 5.69 Å². The molecule has 3 heterocycles. The van der Waals surface area contributed by atoms with E-state index in [9.17, 15) is 4.79 Å². The number of benzene rings is 1. The Labute approximate surface area is 158 Å². The molecule has 138 valence electrons. The average Bonchev–Trinajstić information content (AvgIpc) is 3.30. The lowest BCUT2D eigenvalue weighted by molar-refractivity contribution is -0.135. The van der Waals surface area contributed by atoms with Gasteiger partial charge in [-0.3, -0.25) is 9.48 Å². The van der Waals surface area contributed by atoms with Crippen LogP contribution in [-0.2, 0) is 11.8 Å². The van der Waals surface area contributed by atoms with Crippen LogP contribution in [0, 0.1) is 5.92 Å². The molecule has 2 aromatic rings. The molecule has 0 saturated carbocycles. The Morgan fingerprint density at radius 1 is 1.23 bits per heavy atom. The molecule has 1 aromatic heterocycles. The lowest BCUT2D eigenvalue weighted by Gasteiger charge is -2.37. The lowest BCUT2D eigenvalue weighted by atomic mass is 9.89. The van der Waals surface area contributed by atoms with Crippen molar-refractivity contribution in [3.63, 3.8) is 0 Å². The Bertz CT molecular complexity index is 784. The molecule has 2 saturated heterocycles. The second-order valence-corrected chi connectivity index (χ2v) is 7.55. The van der Waals surface area contributed by atoms with Crippen molar-refractivity contribution in [2.24, 2.45) is 13.0 Å². The number of anilines is 1. The summed E-state index contributed by atoms with van der Waals surface area (Å²) in [5.74, 6) is 0.466. The molecular weight excluding hydrogens is 350 g/mol. The molecule has 0 bridgehead atoms. The average molecular weight is 374 g/mol. The van der Waals surface area contributed by atoms with Gasteiger partial charge in [0.15, 0.2) is 0 Å². The maximum absolute atomic E-state index is 13.1. The maximum Gasteiger partial charge on any atom is 0.227 e. The van der Waals surface area contributed by atoms with E-state index in [4.69, 9.17) is 11.6 Å². The van der Waals surface area contributed by atoms with Gasteiger partial charge in [0.1, 0.15) is 0 Å². The van der Waals surface area contributed by atoms with Gasteiger partial charge >= 0.3 is 0 Å². The zero-order valence-electron chi connectivity index (χ0n) is 14.9. The maximum atomic E-state index is 13.1. The molecule has 4 rings (SSSR count). The highest BCUT2D eigenvalue weighted by Gasteiger charge is 2.37. The van der Waals surface area contributed by atoms with E-state index in [-0.39, 0.29) is 17.7 Å². The number of rotatable bonds is 3. The van der Waals surface area contributed by atoms with Gasteiger partial charge in [-0.1, -0.05) is 17.7 Å². The Morgan fingerprint density at radius 2 is 2.04 bits per heavy atom.